The van der Waals surface area contributed by atoms with Crippen LogP contribution in [0.25, 0.3) is 11.3 Å². The molecule has 0 saturated carbocycles. The van der Waals surface area contributed by atoms with Crippen molar-refractivity contribution in [3.63, 3.8) is 0 Å². The van der Waals surface area contributed by atoms with Gasteiger partial charge in [-0.1, -0.05) is 0 Å². The molecule has 0 bridgehead atoms. The molecule has 0 aliphatic carbocycles. The van der Waals surface area contributed by atoms with Crippen LogP contribution < -0.4 is 19.8 Å². The zero-order valence-corrected chi connectivity index (χ0v) is 17.6. The van der Waals surface area contributed by atoms with Crippen LogP contribution in [-0.2, 0) is 16.1 Å². The first-order chi connectivity index (χ1) is 15.0. The smallest absolute Gasteiger partial charge is 0.345 e. The van der Waals surface area contributed by atoms with Crippen molar-refractivity contribution in [2.45, 2.75) is 32.0 Å². The Morgan fingerprint density at radius 1 is 1.26 bits per heavy atom. The number of benzene rings is 1. The van der Waals surface area contributed by atoms with E-state index in [0.29, 0.717) is 48.1 Å². The molecule has 9 heteroatoms. The molecule has 9 nitrogen and oxygen atoms in total. The number of H-pyrrole nitrogens is 1. The molecular formula is C22H25NO8. The summed E-state index contributed by atoms with van der Waals surface area (Å²) >= 11 is 0. The number of carboxylic acid groups (broad SMARTS) is 1. The second-order valence-electron chi connectivity index (χ2n) is 7.58. The molecule has 0 spiro atoms. The molecule has 2 atom stereocenters. The quantitative estimate of drug-likeness (QED) is 0.613. The van der Waals surface area contributed by atoms with Gasteiger partial charge in [0.15, 0.2) is 5.56 Å². The molecule has 0 fully saturated rings. The van der Waals surface area contributed by atoms with Crippen LogP contribution in [0.4, 0.5) is 0 Å². The number of carboxylic acids is 1. The van der Waals surface area contributed by atoms with Crippen LogP contribution in [0.1, 0.15) is 40.7 Å². The van der Waals surface area contributed by atoms with Gasteiger partial charge in [0.2, 0.25) is 0 Å². The number of carbonyl (C=O) groups is 1. The van der Waals surface area contributed by atoms with E-state index in [0.717, 1.165) is 12.0 Å². The van der Waals surface area contributed by atoms with E-state index in [1.807, 2.05) is 13.0 Å². The maximum Gasteiger partial charge on any atom is 0.345 e. The normalized spacial score (nSPS) is 18.4. The minimum atomic E-state index is -1.32. The van der Waals surface area contributed by atoms with Gasteiger partial charge in [0, 0.05) is 50.0 Å². The highest BCUT2D eigenvalue weighted by Gasteiger charge is 2.41. The van der Waals surface area contributed by atoms with E-state index in [-0.39, 0.29) is 29.9 Å². The molecule has 31 heavy (non-hydrogen) atoms. The maximum absolute atomic E-state index is 12.6. The van der Waals surface area contributed by atoms with Crippen molar-refractivity contribution in [1.82, 2.24) is 4.98 Å². The first kappa shape index (κ1) is 21.2. The van der Waals surface area contributed by atoms with E-state index in [4.69, 9.17) is 23.7 Å². The van der Waals surface area contributed by atoms with Crippen molar-refractivity contribution in [2.75, 3.05) is 34.0 Å². The van der Waals surface area contributed by atoms with Crippen LogP contribution in [0.3, 0.4) is 0 Å². The van der Waals surface area contributed by atoms with Gasteiger partial charge in [-0.05, 0) is 13.0 Å². The summed E-state index contributed by atoms with van der Waals surface area (Å²) in [5.41, 5.74) is 1.49. The fraction of sp³-hybridized carbons (Fsp3) is 0.455. The number of nitrogens with one attached hydrogen (secondary N) is 1. The molecule has 2 aromatic rings. The van der Waals surface area contributed by atoms with Gasteiger partial charge >= 0.3 is 5.97 Å². The molecule has 0 amide bonds. The highest BCUT2D eigenvalue weighted by molar-refractivity contribution is 5.93. The molecule has 2 aliphatic heterocycles. The highest BCUT2D eigenvalue weighted by atomic mass is 16.5. The van der Waals surface area contributed by atoms with Gasteiger partial charge in [0.25, 0.3) is 5.56 Å². The number of hydrogen-bond donors (Lipinski definition) is 2. The number of rotatable bonds is 8. The van der Waals surface area contributed by atoms with Crippen LogP contribution in [0.5, 0.6) is 17.2 Å². The second-order valence-corrected chi connectivity index (χ2v) is 7.58. The van der Waals surface area contributed by atoms with Crippen LogP contribution >= 0.6 is 0 Å². The minimum absolute atomic E-state index is 0.119. The van der Waals surface area contributed by atoms with Crippen LogP contribution in [0.15, 0.2) is 16.9 Å². The topological polar surface area (TPSA) is 116 Å². The lowest BCUT2D eigenvalue weighted by Gasteiger charge is -2.17. The van der Waals surface area contributed by atoms with Crippen molar-refractivity contribution in [3.8, 4) is 28.5 Å². The van der Waals surface area contributed by atoms with E-state index in [1.165, 1.54) is 0 Å². The first-order valence-corrected chi connectivity index (χ1v) is 10.1. The first-order valence-electron chi connectivity index (χ1n) is 10.1. The Balaban J connectivity index is 1.85. The van der Waals surface area contributed by atoms with Crippen LogP contribution in [0, 0.1) is 0 Å². The van der Waals surface area contributed by atoms with Gasteiger partial charge in [-0.2, -0.15) is 0 Å². The zero-order valence-electron chi connectivity index (χ0n) is 17.6. The van der Waals surface area contributed by atoms with E-state index in [1.54, 1.807) is 20.3 Å². The minimum Gasteiger partial charge on any atom is -0.493 e. The summed E-state index contributed by atoms with van der Waals surface area (Å²) in [5.74, 6) is -0.248. The van der Waals surface area contributed by atoms with Crippen molar-refractivity contribution in [3.05, 3.63) is 39.2 Å². The van der Waals surface area contributed by atoms with E-state index >= 15 is 0 Å². The molecule has 2 aliphatic rings. The van der Waals surface area contributed by atoms with Gasteiger partial charge in [0.1, 0.15) is 23.4 Å². The van der Waals surface area contributed by atoms with Crippen molar-refractivity contribution >= 4 is 5.97 Å². The molecule has 166 valence electrons. The number of methoxy groups -OCH3 is 2. The lowest BCUT2D eigenvalue weighted by Crippen LogP contribution is -2.20. The monoisotopic (exact) mass is 431 g/mol. The zero-order chi connectivity index (χ0) is 22.1. The van der Waals surface area contributed by atoms with Gasteiger partial charge < -0.3 is 33.8 Å². The summed E-state index contributed by atoms with van der Waals surface area (Å²) < 4.78 is 28.2. The maximum atomic E-state index is 12.6. The summed E-state index contributed by atoms with van der Waals surface area (Å²) in [7, 11) is 3.23. The summed E-state index contributed by atoms with van der Waals surface area (Å²) in [5, 5.41) is 9.55. The molecule has 0 saturated heterocycles. The third-order valence-electron chi connectivity index (χ3n) is 5.56. The average Bonchev–Trinajstić information content (AvgIpc) is 2.95. The molecular weight excluding hydrogens is 406 g/mol. The average molecular weight is 431 g/mol. The largest absolute Gasteiger partial charge is 0.493 e. The Morgan fingerprint density at radius 2 is 2.06 bits per heavy atom. The molecule has 1 aromatic carbocycles. The number of pyridine rings is 1. The SMILES string of the molecule is COCCCOc1cc2c(cc1COC)-c1[nH]c(=O)c(C(=O)O)c3c1[C@@H](CO2)C(C)O3. The Kier molecular flexibility index (Phi) is 5.88. The molecule has 2 N–H and O–H groups in total. The Hall–Kier alpha value is -3.04. The van der Waals surface area contributed by atoms with Crippen molar-refractivity contribution in [2.24, 2.45) is 0 Å². The highest BCUT2D eigenvalue weighted by Crippen LogP contribution is 2.49. The fourth-order valence-electron chi connectivity index (χ4n) is 4.09. The number of fused-ring (bicyclic) bond motifs is 2. The number of aromatic carboxylic acids is 1. The van der Waals surface area contributed by atoms with Gasteiger partial charge in [-0.25, -0.2) is 4.79 Å². The van der Waals surface area contributed by atoms with Crippen LogP contribution in [0.2, 0.25) is 0 Å². The predicted octanol–water partition coefficient (Wildman–Crippen LogP) is 2.56. The van der Waals surface area contributed by atoms with Crippen molar-refractivity contribution < 1.29 is 33.6 Å². The number of hydrogen-bond acceptors (Lipinski definition) is 7. The summed E-state index contributed by atoms with van der Waals surface area (Å²) in [6, 6.07) is 3.64. The summed E-state index contributed by atoms with van der Waals surface area (Å²) in [6.45, 7) is 3.47. The summed E-state index contributed by atoms with van der Waals surface area (Å²) in [6.07, 6.45) is 0.398. The van der Waals surface area contributed by atoms with Gasteiger partial charge in [-0.3, -0.25) is 4.79 Å². The van der Waals surface area contributed by atoms with E-state index in [9.17, 15) is 14.7 Å². The Bertz CT molecular complexity index is 1060. The Morgan fingerprint density at radius 3 is 2.77 bits per heavy atom. The lowest BCUT2D eigenvalue weighted by molar-refractivity contribution is 0.0689. The van der Waals surface area contributed by atoms with Crippen molar-refractivity contribution in [1.29, 1.82) is 0 Å². The molecule has 1 aromatic heterocycles. The third-order valence-corrected chi connectivity index (χ3v) is 5.56. The number of aromatic amines is 1. The summed E-state index contributed by atoms with van der Waals surface area (Å²) in [4.78, 5) is 27.1. The van der Waals surface area contributed by atoms with Gasteiger partial charge in [-0.15, -0.1) is 0 Å². The molecule has 1 unspecified atom stereocenters. The predicted molar refractivity (Wildman–Crippen MR) is 110 cm³/mol. The Labute approximate surface area is 178 Å². The third kappa shape index (κ3) is 3.75. The molecule has 3 heterocycles. The standard InChI is InChI=1S/C22H25NO8/c1-11-14-10-30-16-8-15(29-6-4-5-27-2)12(9-28-3)7-13(16)19-17(14)20(31-11)18(22(25)26)21(24)23-19/h7-8,11,14H,4-6,9-10H2,1-3H3,(H,23,24)(H,25,26)/t11?,14-/m0/s1. The molecule has 0 radical (unpaired) electrons. The fourth-order valence-corrected chi connectivity index (χ4v) is 4.09. The van der Waals surface area contributed by atoms with E-state index in [2.05, 4.69) is 4.98 Å². The lowest BCUT2D eigenvalue weighted by atomic mass is 9.92. The van der Waals surface area contributed by atoms with Gasteiger partial charge in [0.05, 0.1) is 31.4 Å². The molecule has 4 rings (SSSR count). The van der Waals surface area contributed by atoms with Crippen LogP contribution in [-0.4, -0.2) is 56.2 Å². The second kappa shape index (κ2) is 8.60. The number of ether oxygens (including phenoxy) is 5. The number of aromatic nitrogens is 1. The van der Waals surface area contributed by atoms with E-state index < -0.39 is 11.5 Å².